The Balaban J connectivity index is 1.61. The van der Waals surface area contributed by atoms with Crippen LogP contribution in [0.5, 0.6) is 0 Å². The van der Waals surface area contributed by atoms with E-state index in [1.54, 1.807) is 4.90 Å². The maximum absolute atomic E-state index is 12.1. The van der Waals surface area contributed by atoms with Crippen molar-refractivity contribution in [2.75, 3.05) is 19.7 Å². The van der Waals surface area contributed by atoms with Gasteiger partial charge >= 0.3 is 6.09 Å². The third kappa shape index (κ3) is 2.16. The number of aliphatic hydroxyl groups is 1. The van der Waals surface area contributed by atoms with Gasteiger partial charge in [0.1, 0.15) is 12.2 Å². The smallest absolute Gasteiger partial charge is 0.410 e. The highest BCUT2D eigenvalue weighted by Gasteiger charge is 2.51. The van der Waals surface area contributed by atoms with Gasteiger partial charge in [-0.3, -0.25) is 9.69 Å². The maximum atomic E-state index is 12.1. The first-order valence-electron chi connectivity index (χ1n) is 7.31. The molecule has 0 spiro atoms. The van der Waals surface area contributed by atoms with E-state index in [1.165, 1.54) is 0 Å². The predicted octanol–water partition coefficient (Wildman–Crippen LogP) is 0.733. The van der Waals surface area contributed by atoms with E-state index in [4.69, 9.17) is 4.74 Å². The first-order chi connectivity index (χ1) is 9.33. The van der Waals surface area contributed by atoms with Gasteiger partial charge in [0.15, 0.2) is 0 Å². The topological polar surface area (TPSA) is 70.1 Å². The number of cyclic esters (lactones) is 1. The number of likely N-dealkylation sites (tertiary alicyclic amines) is 1. The Morgan fingerprint density at radius 1 is 1.30 bits per heavy atom. The molecule has 6 nitrogen and oxygen atoms in total. The minimum atomic E-state index is -1.08. The van der Waals surface area contributed by atoms with Crippen molar-refractivity contribution >= 4 is 12.0 Å². The number of amides is 2. The van der Waals surface area contributed by atoms with Crippen LogP contribution in [0, 0.1) is 0 Å². The zero-order valence-corrected chi connectivity index (χ0v) is 12.1. The molecule has 6 heteroatoms. The van der Waals surface area contributed by atoms with Crippen molar-refractivity contribution in [3.8, 4) is 0 Å². The summed E-state index contributed by atoms with van der Waals surface area (Å²) in [4.78, 5) is 27.5. The molecule has 3 aliphatic rings. The first-order valence-corrected chi connectivity index (χ1v) is 7.31. The second kappa shape index (κ2) is 4.35. The number of rotatable bonds is 2. The Morgan fingerprint density at radius 3 is 2.35 bits per heavy atom. The summed E-state index contributed by atoms with van der Waals surface area (Å²) in [6, 6.07) is 0.123. The van der Waals surface area contributed by atoms with Crippen LogP contribution < -0.4 is 0 Å². The zero-order valence-electron chi connectivity index (χ0n) is 12.1. The molecule has 0 unspecified atom stereocenters. The lowest BCUT2D eigenvalue weighted by Crippen LogP contribution is -2.54. The summed E-state index contributed by atoms with van der Waals surface area (Å²) in [5.41, 5.74) is -1.36. The molecule has 1 saturated carbocycles. The molecule has 20 heavy (non-hydrogen) atoms. The third-order valence-electron chi connectivity index (χ3n) is 4.64. The molecule has 0 bridgehead atoms. The standard InChI is InChI=1S/C14H22N2O4/c1-13(2)9-20-12(18)16(13)10-3-7-15(8-4-10)11(17)14(19)5-6-14/h10,19H,3-9H2,1-2H3. The monoisotopic (exact) mass is 282 g/mol. The number of nitrogens with zero attached hydrogens (tertiary/aromatic N) is 2. The fourth-order valence-corrected chi connectivity index (χ4v) is 3.22. The molecule has 112 valence electrons. The van der Waals surface area contributed by atoms with Crippen LogP contribution in [-0.4, -0.2) is 63.8 Å². The van der Waals surface area contributed by atoms with Crippen molar-refractivity contribution in [3.05, 3.63) is 0 Å². The van der Waals surface area contributed by atoms with E-state index >= 15 is 0 Å². The summed E-state index contributed by atoms with van der Waals surface area (Å²) in [7, 11) is 0. The molecule has 0 atom stereocenters. The molecular formula is C14H22N2O4. The number of carbonyl (C=O) groups excluding carboxylic acids is 2. The number of ether oxygens (including phenoxy) is 1. The van der Waals surface area contributed by atoms with E-state index in [2.05, 4.69) is 0 Å². The fourth-order valence-electron chi connectivity index (χ4n) is 3.22. The minimum Gasteiger partial charge on any atom is -0.447 e. The highest BCUT2D eigenvalue weighted by molar-refractivity contribution is 5.87. The van der Waals surface area contributed by atoms with E-state index in [-0.39, 0.29) is 23.6 Å². The highest BCUT2D eigenvalue weighted by Crippen LogP contribution is 2.38. The van der Waals surface area contributed by atoms with E-state index in [9.17, 15) is 14.7 Å². The van der Waals surface area contributed by atoms with Crippen molar-refractivity contribution in [3.63, 3.8) is 0 Å². The van der Waals surface area contributed by atoms with E-state index < -0.39 is 5.60 Å². The molecule has 2 saturated heterocycles. The molecular weight excluding hydrogens is 260 g/mol. The highest BCUT2D eigenvalue weighted by atomic mass is 16.6. The molecule has 0 aromatic heterocycles. The first kappa shape index (κ1) is 13.7. The molecule has 0 radical (unpaired) electrons. The number of hydrogen-bond donors (Lipinski definition) is 1. The van der Waals surface area contributed by atoms with Crippen molar-refractivity contribution < 1.29 is 19.4 Å². The van der Waals surface area contributed by atoms with Gasteiger partial charge < -0.3 is 14.7 Å². The van der Waals surface area contributed by atoms with Crippen molar-refractivity contribution in [2.24, 2.45) is 0 Å². The average molecular weight is 282 g/mol. The molecule has 1 N–H and O–H groups in total. The summed E-state index contributed by atoms with van der Waals surface area (Å²) < 4.78 is 5.14. The summed E-state index contributed by atoms with van der Waals surface area (Å²) in [6.07, 6.45) is 2.41. The Bertz CT molecular complexity index is 436. The van der Waals surface area contributed by atoms with Crippen LogP contribution in [0.1, 0.15) is 39.5 Å². The third-order valence-corrected chi connectivity index (χ3v) is 4.64. The van der Waals surface area contributed by atoms with Gasteiger partial charge in [-0.2, -0.15) is 0 Å². The van der Waals surface area contributed by atoms with E-state index in [0.717, 1.165) is 12.8 Å². The molecule has 3 fully saturated rings. The molecule has 1 aliphatic carbocycles. The molecule has 2 heterocycles. The Hall–Kier alpha value is -1.30. The lowest BCUT2D eigenvalue weighted by Gasteiger charge is -2.41. The number of piperidine rings is 1. The Morgan fingerprint density at radius 2 is 1.90 bits per heavy atom. The van der Waals surface area contributed by atoms with E-state index in [0.29, 0.717) is 32.5 Å². The molecule has 3 rings (SSSR count). The van der Waals surface area contributed by atoms with Crippen LogP contribution in [0.15, 0.2) is 0 Å². The van der Waals surface area contributed by atoms with Crippen LogP contribution in [0.4, 0.5) is 4.79 Å². The maximum Gasteiger partial charge on any atom is 0.410 e. The Labute approximate surface area is 118 Å². The fraction of sp³-hybridized carbons (Fsp3) is 0.857. The minimum absolute atomic E-state index is 0.123. The predicted molar refractivity (Wildman–Crippen MR) is 71.1 cm³/mol. The zero-order chi connectivity index (χ0) is 14.5. The largest absolute Gasteiger partial charge is 0.447 e. The molecule has 0 aromatic carbocycles. The summed E-state index contributed by atoms with van der Waals surface area (Å²) in [5.74, 6) is -0.140. The van der Waals surface area contributed by atoms with Crippen LogP contribution in [0.2, 0.25) is 0 Å². The Kier molecular flexibility index (Phi) is 2.97. The van der Waals surface area contributed by atoms with Crippen LogP contribution in [-0.2, 0) is 9.53 Å². The number of carbonyl (C=O) groups is 2. The van der Waals surface area contributed by atoms with Crippen LogP contribution in [0.25, 0.3) is 0 Å². The summed E-state index contributed by atoms with van der Waals surface area (Å²) in [5, 5.41) is 9.88. The molecule has 2 amide bonds. The molecule has 2 aliphatic heterocycles. The quantitative estimate of drug-likeness (QED) is 0.810. The average Bonchev–Trinajstić information content (AvgIpc) is 3.09. The van der Waals surface area contributed by atoms with Gasteiger partial charge in [0.2, 0.25) is 0 Å². The second-order valence-electron chi connectivity index (χ2n) is 6.79. The van der Waals surface area contributed by atoms with Crippen LogP contribution >= 0.6 is 0 Å². The second-order valence-corrected chi connectivity index (χ2v) is 6.79. The number of hydrogen-bond acceptors (Lipinski definition) is 4. The normalized spacial score (nSPS) is 28.4. The SMILES string of the molecule is CC1(C)COC(=O)N1C1CCN(C(=O)C2(O)CC2)CC1. The lowest BCUT2D eigenvalue weighted by atomic mass is 9.96. The van der Waals surface area contributed by atoms with Gasteiger partial charge in [-0.15, -0.1) is 0 Å². The van der Waals surface area contributed by atoms with Crippen molar-refractivity contribution in [1.29, 1.82) is 0 Å². The summed E-state index contributed by atoms with van der Waals surface area (Å²) >= 11 is 0. The van der Waals surface area contributed by atoms with Crippen LogP contribution in [0.3, 0.4) is 0 Å². The van der Waals surface area contributed by atoms with Gasteiger partial charge in [0.05, 0.1) is 5.54 Å². The summed E-state index contributed by atoms with van der Waals surface area (Å²) in [6.45, 7) is 5.63. The van der Waals surface area contributed by atoms with Crippen molar-refractivity contribution in [2.45, 2.75) is 56.7 Å². The van der Waals surface area contributed by atoms with Crippen molar-refractivity contribution in [1.82, 2.24) is 9.80 Å². The van der Waals surface area contributed by atoms with E-state index in [1.807, 2.05) is 18.7 Å². The van der Waals surface area contributed by atoms with Gasteiger partial charge in [0, 0.05) is 19.1 Å². The van der Waals surface area contributed by atoms with Gasteiger partial charge in [-0.05, 0) is 39.5 Å². The lowest BCUT2D eigenvalue weighted by molar-refractivity contribution is -0.144. The van der Waals surface area contributed by atoms with Gasteiger partial charge in [-0.25, -0.2) is 4.79 Å². The molecule has 0 aromatic rings. The van der Waals surface area contributed by atoms with Gasteiger partial charge in [-0.1, -0.05) is 0 Å². The van der Waals surface area contributed by atoms with Gasteiger partial charge in [0.25, 0.3) is 5.91 Å².